The zero-order valence-corrected chi connectivity index (χ0v) is 12.0. The Kier molecular flexibility index (Phi) is 3.53. The van der Waals surface area contributed by atoms with Crippen molar-refractivity contribution >= 4 is 17.5 Å². The summed E-state index contributed by atoms with van der Waals surface area (Å²) in [6.07, 6.45) is 3.34. The normalized spacial score (nSPS) is 15.6. The second-order valence-corrected chi connectivity index (χ2v) is 5.37. The van der Waals surface area contributed by atoms with Gasteiger partial charge in [0.2, 0.25) is 0 Å². The molecule has 0 fully saturated rings. The fourth-order valence-electron chi connectivity index (χ4n) is 2.63. The molecule has 1 aromatic heterocycles. The quantitative estimate of drug-likeness (QED) is 0.879. The number of fused-ring (bicyclic) bond motifs is 1. The van der Waals surface area contributed by atoms with Crippen LogP contribution in [0.5, 0.6) is 0 Å². The van der Waals surface area contributed by atoms with Crippen LogP contribution < -0.4 is 5.32 Å². The van der Waals surface area contributed by atoms with E-state index in [4.69, 9.17) is 16.0 Å². The number of halogens is 1. The summed E-state index contributed by atoms with van der Waals surface area (Å²) in [7, 11) is 0. The zero-order valence-electron chi connectivity index (χ0n) is 11.3. The smallest absolute Gasteiger partial charge is 0.251 e. The monoisotopic (exact) mass is 289 g/mol. The summed E-state index contributed by atoms with van der Waals surface area (Å²) < 4.78 is 5.43. The van der Waals surface area contributed by atoms with Gasteiger partial charge in [0.15, 0.2) is 0 Å². The fraction of sp³-hybridized carbons (Fsp3) is 0.312. The minimum absolute atomic E-state index is 0.0140. The highest BCUT2D eigenvalue weighted by atomic mass is 35.5. The number of hydrogen-bond donors (Lipinski definition) is 1. The lowest BCUT2D eigenvalue weighted by Crippen LogP contribution is -2.31. The van der Waals surface area contributed by atoms with E-state index < -0.39 is 0 Å². The number of furan rings is 1. The second kappa shape index (κ2) is 5.33. The lowest BCUT2D eigenvalue weighted by Gasteiger charge is -2.18. The van der Waals surface area contributed by atoms with E-state index in [9.17, 15) is 4.79 Å². The van der Waals surface area contributed by atoms with Gasteiger partial charge < -0.3 is 9.73 Å². The molecule has 1 N–H and O–H groups in total. The highest BCUT2D eigenvalue weighted by molar-refractivity contribution is 6.22. The maximum Gasteiger partial charge on any atom is 0.251 e. The predicted molar refractivity (Wildman–Crippen MR) is 78.3 cm³/mol. The molecule has 1 aromatic carbocycles. The van der Waals surface area contributed by atoms with Crippen molar-refractivity contribution in [1.82, 2.24) is 5.32 Å². The highest BCUT2D eigenvalue weighted by Crippen LogP contribution is 2.33. The van der Waals surface area contributed by atoms with Crippen LogP contribution >= 0.6 is 11.6 Å². The van der Waals surface area contributed by atoms with Crippen LogP contribution in [0.15, 0.2) is 34.9 Å². The van der Waals surface area contributed by atoms with Crippen molar-refractivity contribution in [3.05, 3.63) is 58.5 Å². The van der Waals surface area contributed by atoms with Gasteiger partial charge in [-0.15, -0.1) is 11.6 Å². The topological polar surface area (TPSA) is 42.2 Å². The molecule has 2 aromatic rings. The zero-order chi connectivity index (χ0) is 14.1. The first kappa shape index (κ1) is 13.3. The minimum atomic E-state index is -0.288. The number of carbonyl (C=O) groups excluding carboxylic acids is 1. The lowest BCUT2D eigenvalue weighted by atomic mass is 9.95. The standard InChI is InChI=1S/C16H16ClNO2/c1-2-14-12(6-8-20-14)15(17)11-4-3-10-5-7-18-16(19)13(10)9-11/h3-4,6,8-9,15H,2,5,7H2,1H3,(H,18,19). The van der Waals surface area contributed by atoms with Crippen LogP contribution in [0.1, 0.15) is 45.1 Å². The van der Waals surface area contributed by atoms with Crippen molar-refractivity contribution in [3.8, 4) is 0 Å². The summed E-state index contributed by atoms with van der Waals surface area (Å²) >= 11 is 6.56. The molecule has 1 amide bonds. The van der Waals surface area contributed by atoms with Gasteiger partial charge in [-0.3, -0.25) is 4.79 Å². The fourth-order valence-corrected chi connectivity index (χ4v) is 2.96. The van der Waals surface area contributed by atoms with Gasteiger partial charge in [0.1, 0.15) is 5.76 Å². The molecule has 1 aliphatic rings. The van der Waals surface area contributed by atoms with Crippen molar-refractivity contribution in [2.24, 2.45) is 0 Å². The van der Waals surface area contributed by atoms with Crippen LogP contribution in [0.2, 0.25) is 0 Å². The molecule has 3 nitrogen and oxygen atoms in total. The van der Waals surface area contributed by atoms with Crippen LogP contribution in [-0.4, -0.2) is 12.5 Å². The molecule has 0 radical (unpaired) electrons. The van der Waals surface area contributed by atoms with Gasteiger partial charge in [-0.2, -0.15) is 0 Å². The van der Waals surface area contributed by atoms with Gasteiger partial charge in [-0.05, 0) is 29.7 Å². The van der Waals surface area contributed by atoms with E-state index in [2.05, 4.69) is 5.32 Å². The molecule has 0 spiro atoms. The molecular weight excluding hydrogens is 274 g/mol. The number of benzene rings is 1. The third-order valence-corrected chi connectivity index (χ3v) is 4.21. The molecule has 20 heavy (non-hydrogen) atoms. The van der Waals surface area contributed by atoms with Gasteiger partial charge in [0.25, 0.3) is 5.91 Å². The molecule has 1 aliphatic heterocycles. The molecule has 0 saturated carbocycles. The molecule has 0 saturated heterocycles. The number of hydrogen-bond acceptors (Lipinski definition) is 2. The number of rotatable bonds is 3. The summed E-state index contributed by atoms with van der Waals surface area (Å²) in [6, 6.07) is 7.80. The van der Waals surface area contributed by atoms with Gasteiger partial charge in [0.05, 0.1) is 11.6 Å². The van der Waals surface area contributed by atoms with E-state index in [1.807, 2.05) is 31.2 Å². The molecule has 1 unspecified atom stereocenters. The number of alkyl halides is 1. The van der Waals surface area contributed by atoms with Gasteiger partial charge in [-0.25, -0.2) is 0 Å². The summed E-state index contributed by atoms with van der Waals surface area (Å²) in [5, 5.41) is 2.57. The summed E-state index contributed by atoms with van der Waals surface area (Å²) in [5.41, 5.74) is 3.73. The van der Waals surface area contributed by atoms with E-state index in [0.29, 0.717) is 6.54 Å². The van der Waals surface area contributed by atoms with Crippen LogP contribution in [0.4, 0.5) is 0 Å². The first-order valence-corrected chi connectivity index (χ1v) is 7.25. The third-order valence-electron chi connectivity index (χ3n) is 3.73. The molecular formula is C16H16ClNO2. The van der Waals surface area contributed by atoms with Gasteiger partial charge in [0, 0.05) is 24.1 Å². The Morgan fingerprint density at radius 1 is 1.40 bits per heavy atom. The lowest BCUT2D eigenvalue weighted by molar-refractivity contribution is 0.0946. The Labute approximate surface area is 122 Å². The summed E-state index contributed by atoms with van der Waals surface area (Å²) in [4.78, 5) is 11.9. The molecule has 1 atom stereocenters. The highest BCUT2D eigenvalue weighted by Gasteiger charge is 2.21. The van der Waals surface area contributed by atoms with Gasteiger partial charge >= 0.3 is 0 Å². The van der Waals surface area contributed by atoms with Crippen molar-refractivity contribution in [3.63, 3.8) is 0 Å². The van der Waals surface area contributed by atoms with E-state index in [0.717, 1.165) is 40.9 Å². The molecule has 0 aliphatic carbocycles. The van der Waals surface area contributed by atoms with Crippen LogP contribution in [0.3, 0.4) is 0 Å². The predicted octanol–water partition coefficient (Wildman–Crippen LogP) is 3.46. The number of amides is 1. The Balaban J connectivity index is 1.98. The van der Waals surface area contributed by atoms with Crippen LogP contribution in [-0.2, 0) is 12.8 Å². The Morgan fingerprint density at radius 3 is 3.05 bits per heavy atom. The Hall–Kier alpha value is -1.74. The van der Waals surface area contributed by atoms with E-state index >= 15 is 0 Å². The maximum absolute atomic E-state index is 11.9. The molecule has 4 heteroatoms. The number of aryl methyl sites for hydroxylation is 1. The van der Waals surface area contributed by atoms with Crippen molar-refractivity contribution in [1.29, 1.82) is 0 Å². The van der Waals surface area contributed by atoms with Crippen LogP contribution in [0, 0.1) is 0 Å². The average molecular weight is 290 g/mol. The van der Waals surface area contributed by atoms with E-state index in [1.54, 1.807) is 6.26 Å². The molecule has 2 heterocycles. The summed E-state index contributed by atoms with van der Waals surface area (Å²) in [6.45, 7) is 2.74. The van der Waals surface area contributed by atoms with Crippen molar-refractivity contribution < 1.29 is 9.21 Å². The van der Waals surface area contributed by atoms with Gasteiger partial charge in [-0.1, -0.05) is 19.1 Å². The first-order chi connectivity index (χ1) is 9.70. The SMILES string of the molecule is CCc1occc1C(Cl)c1ccc2c(c1)C(=O)NCC2. The molecule has 104 valence electrons. The summed E-state index contributed by atoms with van der Waals surface area (Å²) in [5.74, 6) is 0.882. The Morgan fingerprint density at radius 2 is 2.25 bits per heavy atom. The molecule has 3 rings (SSSR count). The third kappa shape index (κ3) is 2.22. The van der Waals surface area contributed by atoms with Crippen molar-refractivity contribution in [2.75, 3.05) is 6.54 Å². The maximum atomic E-state index is 11.9. The van der Waals surface area contributed by atoms with Crippen LogP contribution in [0.25, 0.3) is 0 Å². The van der Waals surface area contributed by atoms with E-state index in [-0.39, 0.29) is 11.3 Å². The number of nitrogens with one attached hydrogen (secondary N) is 1. The molecule has 0 bridgehead atoms. The number of carbonyl (C=O) groups is 1. The van der Waals surface area contributed by atoms with E-state index in [1.165, 1.54) is 0 Å². The minimum Gasteiger partial charge on any atom is -0.469 e. The average Bonchev–Trinajstić information content (AvgIpc) is 2.95. The first-order valence-electron chi connectivity index (χ1n) is 6.82. The van der Waals surface area contributed by atoms with Crippen molar-refractivity contribution in [2.45, 2.75) is 25.1 Å². The Bertz CT molecular complexity index is 648. The largest absolute Gasteiger partial charge is 0.469 e. The second-order valence-electron chi connectivity index (χ2n) is 4.94.